The molecule has 1 spiro atoms. The number of hydrogen-bond acceptors (Lipinski definition) is 12. The molecule has 5 aliphatic rings. The zero-order valence-electron chi connectivity index (χ0n) is 24.2. The molecule has 42 heavy (non-hydrogen) atoms. The van der Waals surface area contributed by atoms with Crippen LogP contribution in [0.3, 0.4) is 0 Å². The lowest BCUT2D eigenvalue weighted by Gasteiger charge is -2.67. The number of ether oxygens (including phenoxy) is 4. The third-order valence-electron chi connectivity index (χ3n) is 10.6. The van der Waals surface area contributed by atoms with Gasteiger partial charge >= 0.3 is 23.9 Å². The van der Waals surface area contributed by atoms with E-state index in [-0.39, 0.29) is 18.6 Å². The number of carboxylic acids is 1. The average Bonchev–Trinajstić information content (AvgIpc) is 3.18. The fraction of sp³-hybridized carbons (Fsp3) is 0.690. The van der Waals surface area contributed by atoms with Gasteiger partial charge in [0.05, 0.1) is 18.6 Å². The third-order valence-corrected chi connectivity index (χ3v) is 10.6. The fourth-order valence-electron chi connectivity index (χ4n) is 8.62. The van der Waals surface area contributed by atoms with Gasteiger partial charge < -0.3 is 39.4 Å². The molecule has 2 aliphatic heterocycles. The van der Waals surface area contributed by atoms with Crippen molar-refractivity contribution in [1.82, 2.24) is 0 Å². The van der Waals surface area contributed by atoms with Crippen LogP contribution in [-0.2, 0) is 42.9 Å². The Morgan fingerprint density at radius 3 is 2.38 bits per heavy atom. The summed E-state index contributed by atoms with van der Waals surface area (Å²) in [6.45, 7) is 8.74. The molecular weight excluding hydrogens is 556 g/mol. The number of fused-ring (bicyclic) bond motifs is 2. The molecule has 11 atom stereocenters. The summed E-state index contributed by atoms with van der Waals surface area (Å²) in [5.41, 5.74) is -6.14. The Kier molecular flexibility index (Phi) is 6.72. The van der Waals surface area contributed by atoms with E-state index in [2.05, 4.69) is 0 Å². The number of rotatable bonds is 5. The minimum atomic E-state index is -2.54. The van der Waals surface area contributed by atoms with Crippen molar-refractivity contribution in [2.24, 2.45) is 34.5 Å². The monoisotopic (exact) mass is 592 g/mol. The van der Waals surface area contributed by atoms with E-state index in [1.165, 1.54) is 19.9 Å². The number of carbonyl (C=O) groups is 5. The van der Waals surface area contributed by atoms with Crippen molar-refractivity contribution in [3.8, 4) is 0 Å². The highest BCUT2D eigenvalue weighted by atomic mass is 16.6. The van der Waals surface area contributed by atoms with Gasteiger partial charge in [-0.05, 0) is 50.2 Å². The molecule has 0 aromatic rings. The van der Waals surface area contributed by atoms with Crippen molar-refractivity contribution in [3.05, 3.63) is 23.5 Å². The average molecular weight is 593 g/mol. The van der Waals surface area contributed by atoms with Crippen LogP contribution >= 0.6 is 0 Å². The van der Waals surface area contributed by atoms with Gasteiger partial charge in [-0.1, -0.05) is 13.8 Å². The normalized spacial score (nSPS) is 44.3. The standard InChI is InChI=1S/C29H36O13/c1-11(26(4,5)42-13(3)30)7-17(32)41-20-22-28-10-39-29(22,25(37)38)23(35)19(34)21(28)27(6)9-15(31)18(33)12(2)14(27)8-16(28)40-24(20)36/h7,9,12,14,16,19-23,31,34-35H,8,10H2,1-6H3,(H,37,38). The van der Waals surface area contributed by atoms with Crippen molar-refractivity contribution in [3.63, 3.8) is 0 Å². The van der Waals surface area contributed by atoms with E-state index in [0.29, 0.717) is 0 Å². The Labute approximate surface area is 241 Å². The molecule has 0 radical (unpaired) electrons. The second-order valence-corrected chi connectivity index (χ2v) is 13.0. The molecule has 13 heteroatoms. The van der Waals surface area contributed by atoms with E-state index in [4.69, 9.17) is 18.9 Å². The fourth-order valence-corrected chi connectivity index (χ4v) is 8.62. The van der Waals surface area contributed by atoms with Crippen molar-refractivity contribution in [2.45, 2.75) is 83.6 Å². The second-order valence-electron chi connectivity index (χ2n) is 13.0. The van der Waals surface area contributed by atoms with E-state index in [0.717, 1.165) is 6.08 Å². The maximum Gasteiger partial charge on any atom is 0.348 e. The summed E-state index contributed by atoms with van der Waals surface area (Å²) in [6.07, 6.45) is -4.32. The molecule has 2 saturated heterocycles. The molecule has 2 bridgehead atoms. The molecule has 2 saturated carbocycles. The zero-order chi connectivity index (χ0) is 31.3. The minimum absolute atomic E-state index is 0.0735. The number of aliphatic hydroxyl groups is 3. The van der Waals surface area contributed by atoms with Crippen LogP contribution in [0.2, 0.25) is 0 Å². The van der Waals surface area contributed by atoms with Crippen molar-refractivity contribution < 1.29 is 63.3 Å². The number of aliphatic hydroxyl groups excluding tert-OH is 3. The summed E-state index contributed by atoms with van der Waals surface area (Å²) in [7, 11) is 0. The molecule has 0 aromatic heterocycles. The first-order chi connectivity index (χ1) is 19.4. The van der Waals surface area contributed by atoms with Gasteiger partial charge in [-0.2, -0.15) is 0 Å². The lowest BCUT2D eigenvalue weighted by Crippen LogP contribution is -2.79. The summed E-state index contributed by atoms with van der Waals surface area (Å²) in [5.74, 6) is -9.29. The molecule has 0 aromatic carbocycles. The zero-order valence-corrected chi connectivity index (χ0v) is 24.2. The van der Waals surface area contributed by atoms with Gasteiger partial charge in [-0.3, -0.25) is 9.59 Å². The first-order valence-electron chi connectivity index (χ1n) is 13.8. The second kappa shape index (κ2) is 9.35. The largest absolute Gasteiger partial charge is 0.505 e. The van der Waals surface area contributed by atoms with Gasteiger partial charge in [0.1, 0.15) is 17.8 Å². The topological polar surface area (TPSA) is 203 Å². The van der Waals surface area contributed by atoms with Crippen LogP contribution in [0.4, 0.5) is 0 Å². The van der Waals surface area contributed by atoms with Crippen LogP contribution < -0.4 is 0 Å². The van der Waals surface area contributed by atoms with Crippen molar-refractivity contribution in [2.75, 3.05) is 6.61 Å². The van der Waals surface area contributed by atoms with E-state index in [1.807, 2.05) is 0 Å². The van der Waals surface area contributed by atoms with E-state index >= 15 is 0 Å². The maximum atomic E-state index is 13.5. The molecule has 11 unspecified atom stereocenters. The smallest absolute Gasteiger partial charge is 0.348 e. The Morgan fingerprint density at radius 2 is 1.79 bits per heavy atom. The van der Waals surface area contributed by atoms with Gasteiger partial charge in [0, 0.05) is 30.3 Å². The Hall–Kier alpha value is -3.29. The molecule has 3 aliphatic carbocycles. The highest BCUT2D eigenvalue weighted by Crippen LogP contribution is 2.72. The lowest BCUT2D eigenvalue weighted by molar-refractivity contribution is -0.288. The highest BCUT2D eigenvalue weighted by molar-refractivity contribution is 5.96. The SMILES string of the molecule is CC(=O)OC(C)(C)C(C)=CC(=O)OC1C(=O)OC2CC3C(C)C(=O)C(O)=CC3(C)C3C(O)C(O)C4(C(=O)O)OCC23C14. The quantitative estimate of drug-likeness (QED) is 0.197. The Balaban J connectivity index is 1.64. The van der Waals surface area contributed by atoms with Gasteiger partial charge in [-0.25, -0.2) is 14.4 Å². The van der Waals surface area contributed by atoms with E-state index in [1.54, 1.807) is 27.7 Å². The number of carbonyl (C=O) groups excluding carboxylic acids is 4. The van der Waals surface area contributed by atoms with Crippen LogP contribution in [0.15, 0.2) is 23.5 Å². The molecule has 0 amide bonds. The molecule has 5 rings (SSSR count). The van der Waals surface area contributed by atoms with Gasteiger partial charge in [0.2, 0.25) is 11.7 Å². The first-order valence-corrected chi connectivity index (χ1v) is 13.8. The Morgan fingerprint density at radius 1 is 1.14 bits per heavy atom. The number of Topliss-reactive ketones (excluding diaryl/α,β-unsaturated/α-hetero) is 1. The lowest BCUT2D eigenvalue weighted by atomic mass is 9.38. The first kappa shape index (κ1) is 30.2. The highest BCUT2D eigenvalue weighted by Gasteiger charge is 2.85. The summed E-state index contributed by atoms with van der Waals surface area (Å²) >= 11 is 0. The molecule has 4 fully saturated rings. The predicted octanol–water partition coefficient (Wildman–Crippen LogP) is 0.606. The minimum Gasteiger partial charge on any atom is -0.505 e. The number of allylic oxidation sites excluding steroid dienone is 2. The predicted molar refractivity (Wildman–Crippen MR) is 138 cm³/mol. The van der Waals surface area contributed by atoms with Crippen LogP contribution in [0.25, 0.3) is 0 Å². The van der Waals surface area contributed by atoms with Crippen LogP contribution in [0.5, 0.6) is 0 Å². The number of ketones is 1. The number of aliphatic carboxylic acids is 1. The van der Waals surface area contributed by atoms with E-state index < -0.39 is 106 Å². The van der Waals surface area contributed by atoms with Gasteiger partial charge in [-0.15, -0.1) is 0 Å². The molecule has 230 valence electrons. The summed E-state index contributed by atoms with van der Waals surface area (Å²) in [6, 6.07) is 0. The van der Waals surface area contributed by atoms with Gasteiger partial charge in [0.15, 0.2) is 11.5 Å². The summed E-state index contributed by atoms with van der Waals surface area (Å²) in [5, 5.41) is 44.0. The Bertz CT molecular complexity index is 1330. The van der Waals surface area contributed by atoms with E-state index in [9.17, 15) is 44.4 Å². The summed E-state index contributed by atoms with van der Waals surface area (Å²) < 4.78 is 22.5. The molecule has 2 heterocycles. The number of hydrogen-bond donors (Lipinski definition) is 4. The summed E-state index contributed by atoms with van der Waals surface area (Å²) in [4.78, 5) is 63.8. The van der Waals surface area contributed by atoms with Crippen molar-refractivity contribution in [1.29, 1.82) is 0 Å². The molecule has 4 N–H and O–H groups in total. The maximum absolute atomic E-state index is 13.5. The van der Waals surface area contributed by atoms with Crippen molar-refractivity contribution >= 4 is 29.7 Å². The number of esters is 3. The molecular formula is C29H36O13. The van der Waals surface area contributed by atoms with Crippen LogP contribution in [0, 0.1) is 34.5 Å². The number of carboxylic acid groups (broad SMARTS) is 1. The van der Waals surface area contributed by atoms with Crippen LogP contribution in [0.1, 0.15) is 48.0 Å². The third kappa shape index (κ3) is 3.75. The van der Waals surface area contributed by atoms with Gasteiger partial charge in [0.25, 0.3) is 0 Å². The van der Waals surface area contributed by atoms with Crippen LogP contribution in [-0.4, -0.2) is 92.3 Å². The molecule has 13 nitrogen and oxygen atoms in total.